The van der Waals surface area contributed by atoms with Crippen LogP contribution in [0.25, 0.3) is 0 Å². The maximum absolute atomic E-state index is 2.29. The van der Waals surface area contributed by atoms with Gasteiger partial charge in [-0.15, -0.1) is 18.3 Å². The molecule has 1 nitrogen and oxygen atoms in total. The molecule has 2 heteroatoms. The molecular weight excluding hydrogens is 342 g/mol. The summed E-state index contributed by atoms with van der Waals surface area (Å²) in [6.45, 7) is 13.3. The smallest absolute Gasteiger partial charge is 0 e. The Morgan fingerprint density at radius 1 is 1.21 bits per heavy atom. The van der Waals surface area contributed by atoms with Gasteiger partial charge < -0.3 is 4.57 Å². The minimum absolute atomic E-state index is 0. The fourth-order valence-electron chi connectivity index (χ4n) is 1.86. The minimum Gasteiger partial charge on any atom is -0.485 e. The van der Waals surface area contributed by atoms with E-state index in [0.29, 0.717) is 0 Å². The van der Waals surface area contributed by atoms with E-state index in [-0.39, 0.29) is 26.5 Å². The third-order valence-electron chi connectivity index (χ3n) is 2.28. The molecule has 1 aromatic heterocycles. The van der Waals surface area contributed by atoms with Gasteiger partial charge in [0, 0.05) is 21.1 Å². The van der Waals surface area contributed by atoms with Crippen molar-refractivity contribution in [3.05, 3.63) is 29.6 Å². The number of hydrogen-bond acceptors (Lipinski definition) is 0. The number of aromatic nitrogens is 1. The number of aryl methyl sites for hydroxylation is 1. The van der Waals surface area contributed by atoms with Crippen LogP contribution < -0.4 is 0 Å². The number of rotatable bonds is 1. The molecule has 80 valence electrons. The van der Waals surface area contributed by atoms with E-state index in [0.717, 1.165) is 0 Å². The van der Waals surface area contributed by atoms with Crippen molar-refractivity contribution in [1.82, 2.24) is 4.57 Å². The van der Waals surface area contributed by atoms with Gasteiger partial charge in [-0.25, -0.2) is 0 Å². The summed E-state index contributed by atoms with van der Waals surface area (Å²) < 4.78 is 2.29. The van der Waals surface area contributed by atoms with Gasteiger partial charge in [0.15, 0.2) is 0 Å². The molecule has 1 rings (SSSR count). The van der Waals surface area contributed by atoms with Gasteiger partial charge in [-0.2, -0.15) is 0 Å². The van der Waals surface area contributed by atoms with Crippen molar-refractivity contribution in [3.8, 4) is 0 Å². The summed E-state index contributed by atoms with van der Waals surface area (Å²) in [6.07, 6.45) is 2.16. The molecule has 0 atom stereocenters. The van der Waals surface area contributed by atoms with Crippen molar-refractivity contribution < 1.29 is 21.1 Å². The summed E-state index contributed by atoms with van der Waals surface area (Å²) >= 11 is 0. The molecule has 0 unspecified atom stereocenters. The standard InChI is InChI=1S/C12H20N.W/c1-9(2)13-8-7-10(3)11(13)12(4,5)6;/h7-8H,1-6H3;/q-1;. The Bertz CT molecular complexity index is 292. The maximum atomic E-state index is 2.29. The Labute approximate surface area is 102 Å². The van der Waals surface area contributed by atoms with E-state index in [1.54, 1.807) is 0 Å². The molecule has 0 saturated heterocycles. The summed E-state index contributed by atoms with van der Waals surface area (Å²) in [7, 11) is 0. The number of nitrogens with zero attached hydrogens (tertiary/aromatic N) is 1. The zero-order valence-corrected chi connectivity index (χ0v) is 12.9. The first-order chi connectivity index (χ1) is 5.84. The van der Waals surface area contributed by atoms with Crippen LogP contribution in [0.3, 0.4) is 0 Å². The van der Waals surface area contributed by atoms with Crippen molar-refractivity contribution in [2.24, 2.45) is 0 Å². The average molecular weight is 362 g/mol. The Morgan fingerprint density at radius 2 is 1.71 bits per heavy atom. The van der Waals surface area contributed by atoms with Gasteiger partial charge in [0.05, 0.1) is 0 Å². The van der Waals surface area contributed by atoms with Gasteiger partial charge >= 0.3 is 0 Å². The molecule has 0 spiro atoms. The van der Waals surface area contributed by atoms with Crippen LogP contribution in [0.1, 0.15) is 45.9 Å². The number of hydrogen-bond donors (Lipinski definition) is 0. The summed E-state index contributed by atoms with van der Waals surface area (Å²) in [6, 6.07) is 3.52. The second-order valence-electron chi connectivity index (χ2n) is 4.91. The molecule has 0 amide bonds. The summed E-state index contributed by atoms with van der Waals surface area (Å²) in [4.78, 5) is 0. The van der Waals surface area contributed by atoms with Crippen LogP contribution >= 0.6 is 0 Å². The zero-order valence-electron chi connectivity index (χ0n) is 10.0. The van der Waals surface area contributed by atoms with E-state index in [1.807, 2.05) is 0 Å². The molecule has 1 aromatic rings. The van der Waals surface area contributed by atoms with Crippen molar-refractivity contribution in [2.45, 2.75) is 47.0 Å². The molecule has 0 aromatic carbocycles. The fraction of sp³-hybridized carbons (Fsp3) is 0.583. The van der Waals surface area contributed by atoms with Crippen LogP contribution in [0, 0.1) is 13.0 Å². The topological polar surface area (TPSA) is 4.93 Å². The predicted octanol–water partition coefficient (Wildman–Crippen LogP) is 3.51. The van der Waals surface area contributed by atoms with Gasteiger partial charge in [-0.05, 0) is 5.41 Å². The van der Waals surface area contributed by atoms with E-state index < -0.39 is 0 Å². The molecule has 0 aliphatic rings. The van der Waals surface area contributed by atoms with Crippen molar-refractivity contribution in [3.63, 3.8) is 0 Å². The summed E-state index contributed by atoms with van der Waals surface area (Å²) in [5.74, 6) is 0. The Balaban J connectivity index is 0.00000169. The molecule has 1 heterocycles. The monoisotopic (exact) mass is 362 g/mol. The van der Waals surface area contributed by atoms with Crippen molar-refractivity contribution >= 4 is 0 Å². The van der Waals surface area contributed by atoms with Gasteiger partial charge in [0.1, 0.15) is 0 Å². The summed E-state index contributed by atoms with van der Waals surface area (Å²) in [5, 5.41) is 0. The van der Waals surface area contributed by atoms with Crippen LogP contribution in [0.4, 0.5) is 0 Å². The molecule has 0 radical (unpaired) electrons. The van der Waals surface area contributed by atoms with Crippen LogP contribution in [-0.4, -0.2) is 4.57 Å². The van der Waals surface area contributed by atoms with E-state index >= 15 is 0 Å². The maximum Gasteiger partial charge on any atom is 0 e. The van der Waals surface area contributed by atoms with Gasteiger partial charge in [0.2, 0.25) is 0 Å². The molecule has 0 N–H and O–H groups in total. The minimum atomic E-state index is 0. The van der Waals surface area contributed by atoms with Gasteiger partial charge in [-0.1, -0.05) is 52.8 Å². The third kappa shape index (κ3) is 2.67. The molecular formula is C12H20NW-. The van der Waals surface area contributed by atoms with Gasteiger partial charge in [0.25, 0.3) is 0 Å². The second kappa shape index (κ2) is 4.57. The van der Waals surface area contributed by atoms with E-state index in [2.05, 4.69) is 58.4 Å². The molecule has 0 bridgehead atoms. The SMILES string of the molecule is Cc1ccn([C-](C)C)c1C(C)(C)C.[W]. The van der Waals surface area contributed by atoms with Crippen LogP contribution in [0.2, 0.25) is 0 Å². The first-order valence-corrected chi connectivity index (χ1v) is 4.83. The molecule has 0 aliphatic heterocycles. The molecule has 14 heavy (non-hydrogen) atoms. The Morgan fingerprint density at radius 3 is 2.00 bits per heavy atom. The third-order valence-corrected chi connectivity index (χ3v) is 2.28. The zero-order chi connectivity index (χ0) is 10.2. The van der Waals surface area contributed by atoms with E-state index in [1.165, 1.54) is 17.3 Å². The average Bonchev–Trinajstić information content (AvgIpc) is 2.28. The Hall–Kier alpha value is -0.162. The normalized spacial score (nSPS) is 11.0. The predicted molar refractivity (Wildman–Crippen MR) is 57.9 cm³/mol. The molecule has 0 saturated carbocycles. The second-order valence-corrected chi connectivity index (χ2v) is 4.91. The summed E-state index contributed by atoms with van der Waals surface area (Å²) in [5.41, 5.74) is 3.03. The van der Waals surface area contributed by atoms with Gasteiger partial charge in [-0.3, -0.25) is 0 Å². The van der Waals surface area contributed by atoms with Crippen LogP contribution in [0.15, 0.2) is 12.3 Å². The van der Waals surface area contributed by atoms with E-state index in [4.69, 9.17) is 0 Å². The largest absolute Gasteiger partial charge is 0.485 e. The van der Waals surface area contributed by atoms with Crippen molar-refractivity contribution in [1.29, 1.82) is 0 Å². The fourth-order valence-corrected chi connectivity index (χ4v) is 1.86. The molecule has 0 aliphatic carbocycles. The quantitative estimate of drug-likeness (QED) is 0.674. The van der Waals surface area contributed by atoms with Crippen molar-refractivity contribution in [2.75, 3.05) is 0 Å². The van der Waals surface area contributed by atoms with Crippen LogP contribution in [-0.2, 0) is 26.5 Å². The van der Waals surface area contributed by atoms with Crippen LogP contribution in [0.5, 0.6) is 0 Å². The molecule has 0 fully saturated rings. The first-order valence-electron chi connectivity index (χ1n) is 4.83. The van der Waals surface area contributed by atoms with E-state index in [9.17, 15) is 0 Å². The Kier molecular flexibility index (Phi) is 4.52. The first kappa shape index (κ1) is 13.8.